The van der Waals surface area contributed by atoms with Crippen LogP contribution in [0.15, 0.2) is 10.9 Å². The Bertz CT molecular complexity index is 348. The lowest BCUT2D eigenvalue weighted by Crippen LogP contribution is -2.07. The van der Waals surface area contributed by atoms with E-state index in [0.29, 0.717) is 11.4 Å². The van der Waals surface area contributed by atoms with E-state index in [1.807, 2.05) is 0 Å². The summed E-state index contributed by atoms with van der Waals surface area (Å²) in [6.45, 7) is 0.675. The minimum absolute atomic E-state index is 0.0546. The Morgan fingerprint density at radius 1 is 1.64 bits per heavy atom. The zero-order valence-electron chi connectivity index (χ0n) is 5.59. The maximum absolute atomic E-state index is 10.8. The van der Waals surface area contributed by atoms with Crippen molar-refractivity contribution in [2.24, 2.45) is 0 Å². The Morgan fingerprint density at radius 3 is 2.91 bits per heavy atom. The first-order valence-corrected chi connectivity index (χ1v) is 3.62. The molecule has 1 saturated heterocycles. The highest BCUT2D eigenvalue weighted by Gasteiger charge is 2.25. The maximum Gasteiger partial charge on any atom is 0.251 e. The molecule has 0 aromatic carbocycles. The van der Waals surface area contributed by atoms with Gasteiger partial charge in [0.05, 0.1) is 12.3 Å². The van der Waals surface area contributed by atoms with E-state index in [2.05, 4.69) is 9.97 Å². The molecule has 1 aromatic rings. The Hall–Kier alpha value is -0.940. The fourth-order valence-corrected chi connectivity index (χ4v) is 1.11. The molecule has 1 aliphatic heterocycles. The molecule has 0 radical (unpaired) electrons. The molecule has 0 saturated carbocycles. The topological polar surface area (TPSA) is 61.2 Å². The van der Waals surface area contributed by atoms with Gasteiger partial charge in [0.1, 0.15) is 6.10 Å². The second-order valence-electron chi connectivity index (χ2n) is 2.37. The van der Waals surface area contributed by atoms with Crippen LogP contribution in [0.5, 0.6) is 0 Å². The second-order valence-corrected chi connectivity index (χ2v) is 2.77. The summed E-state index contributed by atoms with van der Waals surface area (Å²) < 4.78 is 5.32. The minimum atomic E-state index is -0.181. The molecule has 1 aromatic heterocycles. The summed E-state index contributed by atoms with van der Waals surface area (Å²) in [5.74, 6) is 0. The molecule has 1 atom stereocenters. The molecule has 1 aliphatic rings. The molecule has 58 valence electrons. The molecule has 0 bridgehead atoms. The lowest BCUT2D eigenvalue weighted by atomic mass is 10.3. The van der Waals surface area contributed by atoms with Crippen LogP contribution in [0, 0.1) is 4.77 Å². The molecule has 4 nitrogen and oxygen atoms in total. The van der Waals surface area contributed by atoms with Crippen LogP contribution in [0.2, 0.25) is 0 Å². The van der Waals surface area contributed by atoms with Crippen LogP contribution in [0.4, 0.5) is 0 Å². The molecule has 0 spiro atoms. The van der Waals surface area contributed by atoms with Crippen molar-refractivity contribution < 1.29 is 4.74 Å². The Labute approximate surface area is 67.2 Å². The molecular weight excluding hydrogens is 164 g/mol. The van der Waals surface area contributed by atoms with E-state index in [1.54, 1.807) is 0 Å². The number of rotatable bonds is 1. The smallest absolute Gasteiger partial charge is 0.251 e. The van der Waals surface area contributed by atoms with Crippen molar-refractivity contribution in [3.8, 4) is 0 Å². The first kappa shape index (κ1) is 6.75. The van der Waals surface area contributed by atoms with Gasteiger partial charge in [-0.3, -0.25) is 9.78 Å². The minimum Gasteiger partial charge on any atom is -0.366 e. The predicted octanol–water partition coefficient (Wildman–Crippen LogP) is 0.504. The number of nitrogens with one attached hydrogen (secondary N) is 2. The standard InChI is InChI=1S/C6H6N2O2S/c9-5-1-3(4-2-10-4)7-6(11)8-5/h1,4H,2H2,(H2,7,8,9,11). The molecule has 2 N–H and O–H groups in total. The molecule has 11 heavy (non-hydrogen) atoms. The number of aromatic amines is 2. The van der Waals surface area contributed by atoms with Crippen LogP contribution in [0.25, 0.3) is 0 Å². The van der Waals surface area contributed by atoms with Crippen LogP contribution in [0.3, 0.4) is 0 Å². The average molecular weight is 170 g/mol. The van der Waals surface area contributed by atoms with Crippen LogP contribution >= 0.6 is 12.2 Å². The van der Waals surface area contributed by atoms with Gasteiger partial charge < -0.3 is 9.72 Å². The molecule has 5 heteroatoms. The van der Waals surface area contributed by atoms with Crippen LogP contribution < -0.4 is 5.56 Å². The summed E-state index contributed by atoms with van der Waals surface area (Å²) in [6, 6.07) is 1.47. The lowest BCUT2D eigenvalue weighted by molar-refractivity contribution is 0.410. The number of aromatic nitrogens is 2. The molecule has 2 rings (SSSR count). The summed E-state index contributed by atoms with van der Waals surface area (Å²) in [5, 5.41) is 0. The fourth-order valence-electron chi connectivity index (χ4n) is 0.889. The maximum atomic E-state index is 10.8. The van der Waals surface area contributed by atoms with Gasteiger partial charge in [-0.05, 0) is 12.2 Å². The summed E-state index contributed by atoms with van der Waals surface area (Å²) in [7, 11) is 0. The fraction of sp³-hybridized carbons (Fsp3) is 0.333. The van der Waals surface area contributed by atoms with E-state index in [-0.39, 0.29) is 11.7 Å². The molecule has 1 unspecified atom stereocenters. The quantitative estimate of drug-likeness (QED) is 0.476. The number of epoxide rings is 1. The van der Waals surface area contributed by atoms with Crippen molar-refractivity contribution in [3.05, 3.63) is 26.9 Å². The average Bonchev–Trinajstić information content (AvgIpc) is 2.64. The Kier molecular flexibility index (Phi) is 1.40. The number of ether oxygens (including phenoxy) is 1. The van der Waals surface area contributed by atoms with Gasteiger partial charge in [0.2, 0.25) is 0 Å². The summed E-state index contributed by atoms with van der Waals surface area (Å²) in [6.07, 6.45) is 0.0546. The highest BCUT2D eigenvalue weighted by atomic mass is 32.1. The van der Waals surface area contributed by atoms with Gasteiger partial charge in [-0.2, -0.15) is 0 Å². The van der Waals surface area contributed by atoms with Crippen molar-refractivity contribution in [2.45, 2.75) is 6.10 Å². The SMILES string of the molecule is O=c1cc(C2CO2)[nH]c(=S)[nH]1. The van der Waals surface area contributed by atoms with Gasteiger partial charge in [0.25, 0.3) is 5.56 Å². The third-order valence-electron chi connectivity index (χ3n) is 1.46. The molecule has 0 amide bonds. The zero-order chi connectivity index (χ0) is 7.84. The van der Waals surface area contributed by atoms with Gasteiger partial charge in [0, 0.05) is 6.07 Å². The third-order valence-corrected chi connectivity index (χ3v) is 1.67. The number of H-pyrrole nitrogens is 2. The normalized spacial score (nSPS) is 21.6. The molecule has 0 aliphatic carbocycles. The van der Waals surface area contributed by atoms with Gasteiger partial charge in [-0.1, -0.05) is 0 Å². The van der Waals surface area contributed by atoms with Crippen molar-refractivity contribution in [2.75, 3.05) is 6.61 Å². The second kappa shape index (κ2) is 2.28. The van der Waals surface area contributed by atoms with E-state index >= 15 is 0 Å². The number of hydrogen-bond donors (Lipinski definition) is 2. The molecule has 1 fully saturated rings. The third kappa shape index (κ3) is 1.38. The zero-order valence-corrected chi connectivity index (χ0v) is 6.40. The summed E-state index contributed by atoms with van der Waals surface area (Å²) >= 11 is 4.77. The van der Waals surface area contributed by atoms with Crippen molar-refractivity contribution in [1.82, 2.24) is 9.97 Å². The van der Waals surface area contributed by atoms with Crippen molar-refractivity contribution in [3.63, 3.8) is 0 Å². The van der Waals surface area contributed by atoms with E-state index in [4.69, 9.17) is 17.0 Å². The molecule has 2 heterocycles. The van der Waals surface area contributed by atoms with Gasteiger partial charge in [-0.25, -0.2) is 0 Å². The van der Waals surface area contributed by atoms with E-state index in [1.165, 1.54) is 6.07 Å². The van der Waals surface area contributed by atoms with E-state index < -0.39 is 0 Å². The number of hydrogen-bond acceptors (Lipinski definition) is 3. The molecular formula is C6H6N2O2S. The Balaban J connectivity index is 2.55. The van der Waals surface area contributed by atoms with Crippen LogP contribution in [-0.4, -0.2) is 16.6 Å². The monoisotopic (exact) mass is 170 g/mol. The summed E-state index contributed by atoms with van der Waals surface area (Å²) in [4.78, 5) is 16.1. The lowest BCUT2D eigenvalue weighted by Gasteiger charge is -1.92. The first-order valence-electron chi connectivity index (χ1n) is 3.21. The van der Waals surface area contributed by atoms with Gasteiger partial charge in [0.15, 0.2) is 4.77 Å². The van der Waals surface area contributed by atoms with Gasteiger partial charge >= 0.3 is 0 Å². The van der Waals surface area contributed by atoms with Crippen LogP contribution in [-0.2, 0) is 4.74 Å². The van der Waals surface area contributed by atoms with E-state index in [0.717, 1.165) is 5.69 Å². The summed E-state index contributed by atoms with van der Waals surface area (Å²) in [5.41, 5.74) is 0.581. The highest BCUT2D eigenvalue weighted by molar-refractivity contribution is 7.71. The van der Waals surface area contributed by atoms with E-state index in [9.17, 15) is 4.79 Å². The largest absolute Gasteiger partial charge is 0.366 e. The van der Waals surface area contributed by atoms with Gasteiger partial charge in [-0.15, -0.1) is 0 Å². The van der Waals surface area contributed by atoms with Crippen LogP contribution in [0.1, 0.15) is 11.8 Å². The first-order chi connectivity index (χ1) is 5.25. The highest BCUT2D eigenvalue weighted by Crippen LogP contribution is 2.26. The predicted molar refractivity (Wildman–Crippen MR) is 40.9 cm³/mol. The Morgan fingerprint density at radius 2 is 2.36 bits per heavy atom. The van der Waals surface area contributed by atoms with Crippen molar-refractivity contribution >= 4 is 12.2 Å². The van der Waals surface area contributed by atoms with Crippen molar-refractivity contribution in [1.29, 1.82) is 0 Å².